The molecule has 1 aromatic rings. The fraction of sp³-hybridized carbons (Fsp3) is 0.625. The maximum absolute atomic E-state index is 6.24. The fourth-order valence-electron chi connectivity index (χ4n) is 2.14. The zero-order chi connectivity index (χ0) is 15.7. The molecule has 0 saturated carbocycles. The van der Waals surface area contributed by atoms with Gasteiger partial charge in [-0.2, -0.15) is 0 Å². The van der Waals surface area contributed by atoms with Gasteiger partial charge in [-0.05, 0) is 39.3 Å². The molecule has 2 atom stereocenters. The number of halogens is 2. The average Bonchev–Trinajstić information content (AvgIpc) is 2.79. The Morgan fingerprint density at radius 3 is 2.71 bits per heavy atom. The summed E-state index contributed by atoms with van der Waals surface area (Å²) in [5, 5.41) is 1.13. The fourth-order valence-corrected chi connectivity index (χ4v) is 2.72. The van der Waals surface area contributed by atoms with Gasteiger partial charge in [-0.1, -0.05) is 36.2 Å². The summed E-state index contributed by atoms with van der Waals surface area (Å²) in [6, 6.07) is 5.31. The maximum atomic E-state index is 6.24. The standard InChI is InChI=1S/C16H22Cl2O3/c1-5-15(2,3)19-9-12-10-20-16(4,21-12)13-7-6-11(17)8-14(13)18/h6-8,12H,5,9-10H2,1-4H3/t12-,16-/m1/s1. The van der Waals surface area contributed by atoms with E-state index in [0.29, 0.717) is 23.3 Å². The van der Waals surface area contributed by atoms with Crippen LogP contribution in [-0.4, -0.2) is 24.9 Å². The Labute approximate surface area is 136 Å². The van der Waals surface area contributed by atoms with Crippen LogP contribution in [0.3, 0.4) is 0 Å². The number of rotatable bonds is 5. The molecule has 1 fully saturated rings. The molecule has 0 N–H and O–H groups in total. The van der Waals surface area contributed by atoms with Gasteiger partial charge in [0.1, 0.15) is 6.10 Å². The van der Waals surface area contributed by atoms with Crippen molar-refractivity contribution in [2.75, 3.05) is 13.2 Å². The van der Waals surface area contributed by atoms with Crippen LogP contribution in [0.25, 0.3) is 0 Å². The smallest absolute Gasteiger partial charge is 0.194 e. The van der Waals surface area contributed by atoms with Crippen LogP contribution in [0.1, 0.15) is 39.7 Å². The van der Waals surface area contributed by atoms with E-state index in [1.54, 1.807) is 12.1 Å². The summed E-state index contributed by atoms with van der Waals surface area (Å²) < 4.78 is 17.7. The summed E-state index contributed by atoms with van der Waals surface area (Å²) >= 11 is 12.2. The van der Waals surface area contributed by atoms with E-state index in [1.165, 1.54) is 0 Å². The molecule has 21 heavy (non-hydrogen) atoms. The van der Waals surface area contributed by atoms with Crippen LogP contribution in [0, 0.1) is 0 Å². The topological polar surface area (TPSA) is 27.7 Å². The van der Waals surface area contributed by atoms with Crippen molar-refractivity contribution in [2.24, 2.45) is 0 Å². The predicted octanol–water partition coefficient (Wildman–Crippen LogP) is 4.79. The lowest BCUT2D eigenvalue weighted by Crippen LogP contribution is -2.31. The highest BCUT2D eigenvalue weighted by atomic mass is 35.5. The van der Waals surface area contributed by atoms with E-state index in [0.717, 1.165) is 12.0 Å². The molecule has 1 saturated heterocycles. The first kappa shape index (κ1) is 17.0. The van der Waals surface area contributed by atoms with Crippen LogP contribution in [0.4, 0.5) is 0 Å². The van der Waals surface area contributed by atoms with Gasteiger partial charge in [-0.15, -0.1) is 0 Å². The SMILES string of the molecule is CCC(C)(C)OC[C@@H]1CO[C@@](C)(c2ccc(Cl)cc2Cl)O1. The number of hydrogen-bond donors (Lipinski definition) is 0. The number of hydrogen-bond acceptors (Lipinski definition) is 3. The van der Waals surface area contributed by atoms with Crippen molar-refractivity contribution < 1.29 is 14.2 Å². The average molecular weight is 333 g/mol. The summed E-state index contributed by atoms with van der Waals surface area (Å²) in [7, 11) is 0. The normalized spacial score (nSPS) is 26.3. The van der Waals surface area contributed by atoms with Crippen molar-refractivity contribution in [1.82, 2.24) is 0 Å². The Kier molecular flexibility index (Phi) is 5.22. The van der Waals surface area contributed by atoms with Crippen molar-refractivity contribution in [3.8, 4) is 0 Å². The third-order valence-electron chi connectivity index (χ3n) is 3.87. The largest absolute Gasteiger partial charge is 0.373 e. The molecule has 0 spiro atoms. The van der Waals surface area contributed by atoms with E-state index >= 15 is 0 Å². The molecule has 2 rings (SSSR count). The Morgan fingerprint density at radius 1 is 1.38 bits per heavy atom. The van der Waals surface area contributed by atoms with Gasteiger partial charge in [0.15, 0.2) is 5.79 Å². The maximum Gasteiger partial charge on any atom is 0.194 e. The molecule has 0 unspecified atom stereocenters. The molecule has 0 radical (unpaired) electrons. The Bertz CT molecular complexity index is 504. The molecule has 1 aromatic carbocycles. The van der Waals surface area contributed by atoms with Crippen LogP contribution in [0.5, 0.6) is 0 Å². The highest BCUT2D eigenvalue weighted by molar-refractivity contribution is 6.35. The van der Waals surface area contributed by atoms with Gasteiger partial charge >= 0.3 is 0 Å². The van der Waals surface area contributed by atoms with Crippen LogP contribution in [-0.2, 0) is 20.0 Å². The van der Waals surface area contributed by atoms with E-state index < -0.39 is 5.79 Å². The molecule has 0 bridgehead atoms. The van der Waals surface area contributed by atoms with Crippen LogP contribution < -0.4 is 0 Å². The molecule has 1 aliphatic rings. The molecule has 118 valence electrons. The van der Waals surface area contributed by atoms with Crippen molar-refractivity contribution >= 4 is 23.2 Å². The molecule has 1 aliphatic heterocycles. The van der Waals surface area contributed by atoms with Gasteiger partial charge in [-0.3, -0.25) is 0 Å². The molecule has 0 aromatic heterocycles. The van der Waals surface area contributed by atoms with Gasteiger partial charge in [0.2, 0.25) is 0 Å². The van der Waals surface area contributed by atoms with Gasteiger partial charge in [-0.25, -0.2) is 0 Å². The Hall–Kier alpha value is -0.320. The van der Waals surface area contributed by atoms with Gasteiger partial charge in [0.25, 0.3) is 0 Å². The number of ether oxygens (including phenoxy) is 3. The molecule has 3 nitrogen and oxygen atoms in total. The first-order valence-corrected chi connectivity index (χ1v) is 7.92. The van der Waals surface area contributed by atoms with Gasteiger partial charge in [0.05, 0.1) is 23.8 Å². The summed E-state index contributed by atoms with van der Waals surface area (Å²) in [4.78, 5) is 0. The third kappa shape index (κ3) is 4.11. The zero-order valence-corrected chi connectivity index (χ0v) is 14.4. The van der Waals surface area contributed by atoms with Crippen molar-refractivity contribution in [1.29, 1.82) is 0 Å². The molecule has 5 heteroatoms. The van der Waals surface area contributed by atoms with Crippen LogP contribution >= 0.6 is 23.2 Å². The monoisotopic (exact) mass is 332 g/mol. The minimum atomic E-state index is -0.855. The molecule has 1 heterocycles. The quantitative estimate of drug-likeness (QED) is 0.776. The molecule has 0 aliphatic carbocycles. The second kappa shape index (κ2) is 6.43. The lowest BCUT2D eigenvalue weighted by molar-refractivity contribution is -0.173. The third-order valence-corrected chi connectivity index (χ3v) is 4.42. The van der Waals surface area contributed by atoms with Crippen molar-refractivity contribution in [3.05, 3.63) is 33.8 Å². The predicted molar refractivity (Wildman–Crippen MR) is 85.0 cm³/mol. The summed E-state index contributed by atoms with van der Waals surface area (Å²) in [5.41, 5.74) is 0.631. The van der Waals surface area contributed by atoms with Crippen molar-refractivity contribution in [3.63, 3.8) is 0 Å². The van der Waals surface area contributed by atoms with E-state index in [-0.39, 0.29) is 11.7 Å². The zero-order valence-electron chi connectivity index (χ0n) is 12.9. The molecular weight excluding hydrogens is 311 g/mol. The highest BCUT2D eigenvalue weighted by Crippen LogP contribution is 2.38. The summed E-state index contributed by atoms with van der Waals surface area (Å²) in [6.07, 6.45) is 0.841. The van der Waals surface area contributed by atoms with Crippen LogP contribution in [0.15, 0.2) is 18.2 Å². The molecule has 0 amide bonds. The summed E-state index contributed by atoms with van der Waals surface area (Å²) in [5.74, 6) is -0.855. The molecular formula is C16H22Cl2O3. The highest BCUT2D eigenvalue weighted by Gasteiger charge is 2.40. The summed E-state index contributed by atoms with van der Waals surface area (Å²) in [6.45, 7) is 9.09. The lowest BCUT2D eigenvalue weighted by Gasteiger charge is -2.27. The lowest BCUT2D eigenvalue weighted by atomic mass is 10.1. The van der Waals surface area contributed by atoms with Gasteiger partial charge in [0, 0.05) is 10.6 Å². The number of benzene rings is 1. The first-order chi connectivity index (χ1) is 9.76. The van der Waals surface area contributed by atoms with Crippen LogP contribution in [0.2, 0.25) is 10.0 Å². The van der Waals surface area contributed by atoms with Gasteiger partial charge < -0.3 is 14.2 Å². The van der Waals surface area contributed by atoms with E-state index in [4.69, 9.17) is 37.4 Å². The first-order valence-electron chi connectivity index (χ1n) is 7.17. The minimum Gasteiger partial charge on any atom is -0.373 e. The van der Waals surface area contributed by atoms with E-state index in [1.807, 2.05) is 13.0 Å². The Morgan fingerprint density at radius 2 is 2.10 bits per heavy atom. The van der Waals surface area contributed by atoms with E-state index in [9.17, 15) is 0 Å². The second-order valence-corrected chi connectivity index (χ2v) is 6.89. The Balaban J connectivity index is 2.03. The second-order valence-electron chi connectivity index (χ2n) is 6.04. The van der Waals surface area contributed by atoms with Crippen molar-refractivity contribution in [2.45, 2.75) is 51.6 Å². The minimum absolute atomic E-state index is 0.104. The van der Waals surface area contributed by atoms with E-state index in [2.05, 4.69) is 20.8 Å².